The topological polar surface area (TPSA) is 23.5 Å². The monoisotopic (exact) mass is 275 g/mol. The molecule has 1 rings (SSSR count). The Morgan fingerprint density at radius 3 is 2.47 bits per heavy atom. The molecule has 0 heterocycles. The van der Waals surface area contributed by atoms with Crippen molar-refractivity contribution in [2.75, 3.05) is 20.1 Å². The maximum Gasteiger partial charge on any atom is 0.390 e. The first kappa shape index (κ1) is 16.0. The molecular formula is C14H20F3NO. The van der Waals surface area contributed by atoms with Gasteiger partial charge in [-0.3, -0.25) is 0 Å². The van der Waals surface area contributed by atoms with Crippen molar-refractivity contribution in [3.05, 3.63) is 34.9 Å². The summed E-state index contributed by atoms with van der Waals surface area (Å²) in [6.45, 7) is 3.89. The van der Waals surface area contributed by atoms with Crippen LogP contribution in [0.3, 0.4) is 0 Å². The van der Waals surface area contributed by atoms with Gasteiger partial charge in [-0.1, -0.05) is 23.8 Å². The molecule has 0 amide bonds. The average Bonchev–Trinajstić information content (AvgIpc) is 2.28. The predicted octanol–water partition coefficient (Wildman–Crippen LogP) is 3.22. The van der Waals surface area contributed by atoms with Gasteiger partial charge in [-0.2, -0.15) is 13.2 Å². The lowest BCUT2D eigenvalue weighted by Crippen LogP contribution is -2.29. The summed E-state index contributed by atoms with van der Waals surface area (Å²) in [5.41, 5.74) is 2.75. The molecule has 2 nitrogen and oxygen atoms in total. The van der Waals surface area contributed by atoms with Crippen molar-refractivity contribution >= 4 is 0 Å². The van der Waals surface area contributed by atoms with Crippen LogP contribution in [0.2, 0.25) is 0 Å². The van der Waals surface area contributed by atoms with Crippen molar-refractivity contribution in [1.29, 1.82) is 0 Å². The van der Waals surface area contributed by atoms with Crippen LogP contribution in [0.5, 0.6) is 0 Å². The van der Waals surface area contributed by atoms with Crippen LogP contribution < -0.4 is 0 Å². The van der Waals surface area contributed by atoms with E-state index < -0.39 is 18.7 Å². The number of likely N-dealkylation sites (N-methyl/N-ethyl adjacent to an activating group) is 1. The molecule has 0 aliphatic rings. The molecule has 19 heavy (non-hydrogen) atoms. The van der Waals surface area contributed by atoms with E-state index in [1.54, 1.807) is 7.05 Å². The van der Waals surface area contributed by atoms with E-state index in [4.69, 9.17) is 0 Å². The van der Waals surface area contributed by atoms with Crippen molar-refractivity contribution in [3.63, 3.8) is 0 Å². The highest BCUT2D eigenvalue weighted by molar-refractivity contribution is 5.32. The van der Waals surface area contributed by atoms with Gasteiger partial charge in [0.1, 0.15) is 0 Å². The van der Waals surface area contributed by atoms with Crippen LogP contribution in [-0.4, -0.2) is 36.3 Å². The van der Waals surface area contributed by atoms with Crippen molar-refractivity contribution in [2.45, 2.75) is 32.5 Å². The van der Waals surface area contributed by atoms with Gasteiger partial charge in [0.25, 0.3) is 0 Å². The van der Waals surface area contributed by atoms with E-state index in [0.717, 1.165) is 16.7 Å². The van der Waals surface area contributed by atoms with Gasteiger partial charge < -0.3 is 10.0 Å². The van der Waals surface area contributed by atoms with Gasteiger partial charge in [0.05, 0.1) is 12.5 Å². The van der Waals surface area contributed by atoms with Gasteiger partial charge >= 0.3 is 6.18 Å². The number of rotatable bonds is 5. The summed E-state index contributed by atoms with van der Waals surface area (Å²) in [4.78, 5) is 1.50. The molecule has 0 fully saturated rings. The first-order chi connectivity index (χ1) is 8.69. The minimum atomic E-state index is -4.15. The van der Waals surface area contributed by atoms with Crippen LogP contribution in [0, 0.1) is 13.8 Å². The van der Waals surface area contributed by atoms with Crippen LogP contribution in [-0.2, 0) is 0 Å². The number of hydrogen-bond donors (Lipinski definition) is 1. The number of benzene rings is 1. The highest BCUT2D eigenvalue weighted by Gasteiger charge is 2.27. The first-order valence-electron chi connectivity index (χ1n) is 6.19. The van der Waals surface area contributed by atoms with Gasteiger partial charge in [0, 0.05) is 13.1 Å². The summed E-state index contributed by atoms with van der Waals surface area (Å²) in [7, 11) is 1.58. The van der Waals surface area contributed by atoms with Gasteiger partial charge in [-0.15, -0.1) is 0 Å². The van der Waals surface area contributed by atoms with Crippen LogP contribution in [0.4, 0.5) is 13.2 Å². The van der Waals surface area contributed by atoms with Crippen molar-refractivity contribution in [2.24, 2.45) is 0 Å². The van der Waals surface area contributed by atoms with Crippen LogP contribution in [0.15, 0.2) is 18.2 Å². The third kappa shape index (κ3) is 5.61. The second kappa shape index (κ2) is 6.39. The van der Waals surface area contributed by atoms with E-state index in [1.807, 2.05) is 32.0 Å². The summed E-state index contributed by atoms with van der Waals surface area (Å²) in [5.74, 6) is 0. The highest BCUT2D eigenvalue weighted by Crippen LogP contribution is 2.22. The zero-order valence-corrected chi connectivity index (χ0v) is 11.5. The minimum Gasteiger partial charge on any atom is -0.387 e. The Morgan fingerprint density at radius 2 is 1.89 bits per heavy atom. The third-order valence-electron chi connectivity index (χ3n) is 3.06. The van der Waals surface area contributed by atoms with E-state index in [0.29, 0.717) is 0 Å². The number of nitrogens with zero attached hydrogens (tertiary/aromatic N) is 1. The van der Waals surface area contributed by atoms with Crippen molar-refractivity contribution < 1.29 is 18.3 Å². The van der Waals surface area contributed by atoms with Gasteiger partial charge in [-0.25, -0.2) is 0 Å². The van der Waals surface area contributed by atoms with Crippen LogP contribution in [0.25, 0.3) is 0 Å². The van der Waals surface area contributed by atoms with E-state index >= 15 is 0 Å². The molecular weight excluding hydrogens is 255 g/mol. The van der Waals surface area contributed by atoms with Crippen LogP contribution >= 0.6 is 0 Å². The van der Waals surface area contributed by atoms with E-state index in [-0.39, 0.29) is 13.1 Å². The smallest absolute Gasteiger partial charge is 0.387 e. The van der Waals surface area contributed by atoms with E-state index in [9.17, 15) is 18.3 Å². The molecule has 1 unspecified atom stereocenters. The molecule has 5 heteroatoms. The van der Waals surface area contributed by atoms with Gasteiger partial charge in [0.15, 0.2) is 0 Å². The summed E-state index contributed by atoms with van der Waals surface area (Å²) in [5, 5.41) is 10.1. The molecule has 1 aromatic carbocycles. The van der Waals surface area contributed by atoms with Gasteiger partial charge in [0.2, 0.25) is 0 Å². The molecule has 0 radical (unpaired) electrons. The number of aliphatic hydroxyl groups is 1. The Hall–Kier alpha value is -1.07. The lowest BCUT2D eigenvalue weighted by Gasteiger charge is -2.22. The fraction of sp³-hybridized carbons (Fsp3) is 0.571. The molecule has 0 saturated heterocycles. The standard InChI is InChI=1S/C14H20F3NO/c1-10-4-5-11(2)12(8-10)13(19)9-18(3)7-6-14(15,16)17/h4-5,8,13,19H,6-7,9H2,1-3H3. The summed E-state index contributed by atoms with van der Waals surface area (Å²) >= 11 is 0. The Balaban J connectivity index is 2.59. The molecule has 0 spiro atoms. The molecule has 1 atom stereocenters. The molecule has 1 N–H and O–H groups in total. The molecule has 0 aliphatic heterocycles. The second-order valence-electron chi connectivity index (χ2n) is 5.00. The molecule has 108 valence electrons. The fourth-order valence-corrected chi connectivity index (χ4v) is 1.92. The molecule has 0 saturated carbocycles. The number of alkyl halides is 3. The number of aryl methyl sites for hydroxylation is 2. The predicted molar refractivity (Wildman–Crippen MR) is 69.0 cm³/mol. The maximum atomic E-state index is 12.1. The molecule has 0 aromatic heterocycles. The molecule has 0 bridgehead atoms. The Morgan fingerprint density at radius 1 is 1.26 bits per heavy atom. The number of aliphatic hydroxyl groups excluding tert-OH is 1. The fourth-order valence-electron chi connectivity index (χ4n) is 1.92. The zero-order chi connectivity index (χ0) is 14.6. The normalized spacial score (nSPS) is 13.9. The average molecular weight is 275 g/mol. The summed E-state index contributed by atoms with van der Waals surface area (Å²) in [6, 6.07) is 5.72. The summed E-state index contributed by atoms with van der Waals surface area (Å²) in [6.07, 6.45) is -5.78. The Labute approximate surface area is 111 Å². The first-order valence-corrected chi connectivity index (χ1v) is 6.19. The van der Waals surface area contributed by atoms with E-state index in [2.05, 4.69) is 0 Å². The highest BCUT2D eigenvalue weighted by atomic mass is 19.4. The Bertz CT molecular complexity index is 418. The Kier molecular flexibility index (Phi) is 5.38. The lowest BCUT2D eigenvalue weighted by atomic mass is 10.0. The quantitative estimate of drug-likeness (QED) is 0.892. The SMILES string of the molecule is Cc1ccc(C)c(C(O)CN(C)CCC(F)(F)F)c1. The number of hydrogen-bond acceptors (Lipinski definition) is 2. The second-order valence-corrected chi connectivity index (χ2v) is 5.00. The van der Waals surface area contributed by atoms with Crippen molar-refractivity contribution in [3.8, 4) is 0 Å². The third-order valence-corrected chi connectivity index (χ3v) is 3.06. The largest absolute Gasteiger partial charge is 0.390 e. The molecule has 0 aliphatic carbocycles. The number of halogens is 3. The summed E-state index contributed by atoms with van der Waals surface area (Å²) < 4.78 is 36.3. The van der Waals surface area contributed by atoms with Gasteiger partial charge in [-0.05, 0) is 32.0 Å². The maximum absolute atomic E-state index is 12.1. The molecule has 1 aromatic rings. The lowest BCUT2D eigenvalue weighted by molar-refractivity contribution is -0.137. The van der Waals surface area contributed by atoms with Crippen LogP contribution in [0.1, 0.15) is 29.2 Å². The van der Waals surface area contributed by atoms with Crippen molar-refractivity contribution in [1.82, 2.24) is 4.90 Å². The zero-order valence-electron chi connectivity index (χ0n) is 11.5. The minimum absolute atomic E-state index is 0.106. The van der Waals surface area contributed by atoms with E-state index in [1.165, 1.54) is 4.90 Å².